The minimum Gasteiger partial charge on any atom is -0.364 e. The molecule has 3 aliphatic heterocycles. The summed E-state index contributed by atoms with van der Waals surface area (Å²) in [5.41, 5.74) is 1.71. The molecule has 28 heavy (non-hydrogen) atoms. The lowest BCUT2D eigenvalue weighted by molar-refractivity contribution is -0.132. The molecular weight excluding hydrogens is 383 g/mol. The number of hydrogen-bond acceptors (Lipinski definition) is 3. The summed E-state index contributed by atoms with van der Waals surface area (Å²) in [5, 5.41) is 6.09. The Morgan fingerprint density at radius 1 is 1.32 bits per heavy atom. The predicted molar refractivity (Wildman–Crippen MR) is 104 cm³/mol. The Bertz CT molecular complexity index is 846. The van der Waals surface area contributed by atoms with Gasteiger partial charge in [0.15, 0.2) is 0 Å². The maximum atomic E-state index is 13.9. The molecule has 0 radical (unpaired) electrons. The summed E-state index contributed by atoms with van der Waals surface area (Å²) in [6, 6.07) is 3.29. The zero-order valence-electron chi connectivity index (χ0n) is 15.6. The van der Waals surface area contributed by atoms with E-state index in [1.807, 2.05) is 4.90 Å². The molecule has 2 saturated heterocycles. The number of carbonyl (C=O) groups is 2. The second kappa shape index (κ2) is 6.51. The van der Waals surface area contributed by atoms with Crippen LogP contribution in [0.1, 0.15) is 31.2 Å². The van der Waals surface area contributed by atoms with Gasteiger partial charge in [-0.25, -0.2) is 9.18 Å². The van der Waals surface area contributed by atoms with Gasteiger partial charge in [0, 0.05) is 38.3 Å². The van der Waals surface area contributed by atoms with Gasteiger partial charge in [-0.05, 0) is 49.3 Å². The van der Waals surface area contributed by atoms with Gasteiger partial charge in [0.1, 0.15) is 5.82 Å². The normalized spacial score (nSPS) is 28.6. The maximum Gasteiger partial charge on any atom is 0.315 e. The summed E-state index contributed by atoms with van der Waals surface area (Å²) in [7, 11) is 0. The lowest BCUT2D eigenvalue weighted by Crippen LogP contribution is -2.54. The van der Waals surface area contributed by atoms with E-state index in [1.54, 1.807) is 6.07 Å². The molecule has 4 aliphatic rings. The molecule has 0 aromatic heterocycles. The number of urea groups is 1. The molecule has 3 heterocycles. The molecule has 0 spiro atoms. The van der Waals surface area contributed by atoms with Gasteiger partial charge in [-0.3, -0.25) is 4.79 Å². The first-order chi connectivity index (χ1) is 13.4. The molecule has 150 valence electrons. The number of nitrogens with one attached hydrogen (secondary N) is 2. The Balaban J connectivity index is 1.22. The highest BCUT2D eigenvalue weighted by Gasteiger charge is 2.49. The number of fused-ring (bicyclic) bond motifs is 3. The number of carbonyl (C=O) groups excluding carboxylic acids is 2. The third kappa shape index (κ3) is 3.00. The highest BCUT2D eigenvalue weighted by Crippen LogP contribution is 2.43. The van der Waals surface area contributed by atoms with Crippen LogP contribution in [0.25, 0.3) is 0 Å². The van der Waals surface area contributed by atoms with Crippen molar-refractivity contribution < 1.29 is 14.0 Å². The number of hydrogen-bond donors (Lipinski definition) is 2. The van der Waals surface area contributed by atoms with E-state index in [-0.39, 0.29) is 28.5 Å². The third-order valence-corrected chi connectivity index (χ3v) is 7.08. The average Bonchev–Trinajstić information content (AvgIpc) is 3.39. The topological polar surface area (TPSA) is 64.7 Å². The number of rotatable bonds is 4. The van der Waals surface area contributed by atoms with Crippen LogP contribution in [0.3, 0.4) is 0 Å². The van der Waals surface area contributed by atoms with Gasteiger partial charge in [-0.1, -0.05) is 11.6 Å². The van der Waals surface area contributed by atoms with Crippen LogP contribution in [0.15, 0.2) is 12.1 Å². The molecule has 1 saturated carbocycles. The fourth-order valence-electron chi connectivity index (χ4n) is 5.11. The molecule has 5 rings (SSSR count). The fraction of sp³-hybridized carbons (Fsp3) is 0.600. The number of amides is 3. The Hall–Kier alpha value is -2.02. The van der Waals surface area contributed by atoms with Crippen LogP contribution in [-0.4, -0.2) is 54.6 Å². The number of piperazine rings is 1. The van der Waals surface area contributed by atoms with Gasteiger partial charge < -0.3 is 20.4 Å². The molecule has 3 fully saturated rings. The fourth-order valence-corrected chi connectivity index (χ4v) is 5.30. The molecule has 1 aliphatic carbocycles. The molecule has 2 N–H and O–H groups in total. The zero-order valence-corrected chi connectivity index (χ0v) is 16.4. The second-order valence-corrected chi connectivity index (χ2v) is 8.93. The van der Waals surface area contributed by atoms with Gasteiger partial charge in [0.05, 0.1) is 16.6 Å². The number of benzene rings is 1. The lowest BCUT2D eigenvalue weighted by atomic mass is 9.88. The van der Waals surface area contributed by atoms with Crippen molar-refractivity contribution in [2.24, 2.45) is 5.92 Å². The average molecular weight is 407 g/mol. The van der Waals surface area contributed by atoms with E-state index in [2.05, 4.69) is 15.5 Å². The molecule has 8 heteroatoms. The molecule has 2 atom stereocenters. The van der Waals surface area contributed by atoms with Crippen molar-refractivity contribution in [3.8, 4) is 0 Å². The number of anilines is 1. The molecule has 0 unspecified atom stereocenters. The van der Waals surface area contributed by atoms with Gasteiger partial charge in [0.2, 0.25) is 5.91 Å². The first-order valence-corrected chi connectivity index (χ1v) is 10.4. The lowest BCUT2D eigenvalue weighted by Gasteiger charge is -2.39. The summed E-state index contributed by atoms with van der Waals surface area (Å²) in [4.78, 5) is 28.7. The van der Waals surface area contributed by atoms with E-state index in [0.717, 1.165) is 30.5 Å². The third-order valence-electron chi connectivity index (χ3n) is 6.79. The van der Waals surface area contributed by atoms with Crippen LogP contribution in [-0.2, 0) is 11.2 Å². The van der Waals surface area contributed by atoms with Crippen molar-refractivity contribution in [2.45, 2.75) is 43.7 Å². The van der Waals surface area contributed by atoms with E-state index in [1.165, 1.54) is 6.07 Å². The monoisotopic (exact) mass is 406 g/mol. The summed E-state index contributed by atoms with van der Waals surface area (Å²) >= 11 is 5.93. The van der Waals surface area contributed by atoms with Crippen LogP contribution >= 0.6 is 11.6 Å². The predicted octanol–water partition coefficient (Wildman–Crippen LogP) is 2.29. The summed E-state index contributed by atoms with van der Waals surface area (Å²) < 4.78 is 13.9. The summed E-state index contributed by atoms with van der Waals surface area (Å²) in [6.45, 7) is 2.60. The van der Waals surface area contributed by atoms with E-state index < -0.39 is 5.82 Å². The molecular formula is C20H24ClFN4O2. The number of nitrogens with zero attached hydrogens (tertiary/aromatic N) is 2. The molecule has 1 aromatic rings. The van der Waals surface area contributed by atoms with Crippen molar-refractivity contribution in [1.82, 2.24) is 15.5 Å². The van der Waals surface area contributed by atoms with Crippen molar-refractivity contribution in [1.29, 1.82) is 0 Å². The Morgan fingerprint density at radius 3 is 2.86 bits per heavy atom. The standard InChI is InChI=1S/C20H24ClFN4O2/c21-15-8-12-7-14-10-25(5-6-26(14)17(12)9-16(15)22)18(27)3-4-20(13-1-2-13)11-23-19(28)24-20/h8-9,13-14H,1-7,10-11H2,(H2,23,24,28)/t14-,20-/m1/s1. The van der Waals surface area contributed by atoms with E-state index in [9.17, 15) is 14.0 Å². The highest BCUT2D eigenvalue weighted by molar-refractivity contribution is 6.30. The highest BCUT2D eigenvalue weighted by atomic mass is 35.5. The Morgan fingerprint density at radius 2 is 2.14 bits per heavy atom. The summed E-state index contributed by atoms with van der Waals surface area (Å²) in [6.07, 6.45) is 4.15. The minimum atomic E-state index is -0.392. The first kappa shape index (κ1) is 18.0. The number of halogens is 2. The smallest absolute Gasteiger partial charge is 0.315 e. The molecule has 1 aromatic carbocycles. The van der Waals surface area contributed by atoms with E-state index in [4.69, 9.17) is 11.6 Å². The molecule has 6 nitrogen and oxygen atoms in total. The maximum absolute atomic E-state index is 13.9. The Kier molecular flexibility index (Phi) is 4.19. The van der Waals surface area contributed by atoms with Crippen molar-refractivity contribution >= 4 is 29.2 Å². The second-order valence-electron chi connectivity index (χ2n) is 8.52. The molecule has 3 amide bonds. The van der Waals surface area contributed by atoms with Crippen LogP contribution in [0.5, 0.6) is 0 Å². The minimum absolute atomic E-state index is 0.123. The van der Waals surface area contributed by atoms with Gasteiger partial charge in [-0.2, -0.15) is 0 Å². The SMILES string of the molecule is O=C1NC[C@](CCC(=O)N2CCN3c4cc(F)c(Cl)cc4C[C@@H]3C2)(C2CC2)N1. The van der Waals surface area contributed by atoms with Gasteiger partial charge in [-0.15, -0.1) is 0 Å². The Labute approximate surface area is 168 Å². The van der Waals surface area contributed by atoms with E-state index in [0.29, 0.717) is 44.9 Å². The largest absolute Gasteiger partial charge is 0.364 e. The van der Waals surface area contributed by atoms with E-state index >= 15 is 0 Å². The summed E-state index contributed by atoms with van der Waals surface area (Å²) in [5.74, 6) is 0.234. The van der Waals surface area contributed by atoms with Crippen LogP contribution in [0.4, 0.5) is 14.9 Å². The van der Waals surface area contributed by atoms with Crippen LogP contribution < -0.4 is 15.5 Å². The zero-order chi connectivity index (χ0) is 19.5. The quantitative estimate of drug-likeness (QED) is 0.806. The van der Waals surface area contributed by atoms with Crippen molar-refractivity contribution in [3.63, 3.8) is 0 Å². The van der Waals surface area contributed by atoms with Crippen LogP contribution in [0.2, 0.25) is 5.02 Å². The van der Waals surface area contributed by atoms with Gasteiger partial charge >= 0.3 is 6.03 Å². The molecule has 0 bridgehead atoms. The van der Waals surface area contributed by atoms with Crippen LogP contribution in [0, 0.1) is 11.7 Å². The van der Waals surface area contributed by atoms with Gasteiger partial charge in [0.25, 0.3) is 0 Å². The van der Waals surface area contributed by atoms with Crippen molar-refractivity contribution in [2.75, 3.05) is 31.1 Å². The van der Waals surface area contributed by atoms with Crippen molar-refractivity contribution in [3.05, 3.63) is 28.5 Å². The first-order valence-electron chi connectivity index (χ1n) is 10.0.